The van der Waals surface area contributed by atoms with Crippen molar-refractivity contribution in [1.29, 1.82) is 0 Å². The maximum absolute atomic E-state index is 10.8. The molecule has 0 radical (unpaired) electrons. The number of benzene rings is 2. The Hall–Kier alpha value is -1.63. The van der Waals surface area contributed by atoms with E-state index >= 15 is 0 Å². The normalized spacial score (nSPS) is 10.8. The molecule has 0 aromatic heterocycles. The van der Waals surface area contributed by atoms with Crippen LogP contribution in [0.1, 0.15) is 44.6 Å². The highest BCUT2D eigenvalue weighted by atomic mass is 16.1. The Bertz CT molecular complexity index is 542. The van der Waals surface area contributed by atoms with E-state index in [4.69, 9.17) is 0 Å². The van der Waals surface area contributed by atoms with Crippen molar-refractivity contribution in [3.8, 4) is 0 Å². The van der Waals surface area contributed by atoms with E-state index < -0.39 is 0 Å². The monoisotopic (exact) mass is 254 g/mol. The molecule has 2 aromatic rings. The van der Waals surface area contributed by atoms with Gasteiger partial charge < -0.3 is 4.79 Å². The third-order valence-corrected chi connectivity index (χ3v) is 3.56. The van der Waals surface area contributed by atoms with Crippen LogP contribution in [0.2, 0.25) is 0 Å². The van der Waals surface area contributed by atoms with Crippen LogP contribution in [0.3, 0.4) is 0 Å². The summed E-state index contributed by atoms with van der Waals surface area (Å²) in [4.78, 5) is 10.8. The first-order valence-corrected chi connectivity index (χ1v) is 7.23. The molecule has 0 spiro atoms. The number of rotatable bonds is 7. The van der Waals surface area contributed by atoms with Gasteiger partial charge in [0.15, 0.2) is 0 Å². The molecule has 0 bridgehead atoms. The van der Waals surface area contributed by atoms with Gasteiger partial charge in [-0.05, 0) is 42.5 Å². The van der Waals surface area contributed by atoms with Gasteiger partial charge in [-0.25, -0.2) is 0 Å². The zero-order valence-corrected chi connectivity index (χ0v) is 11.7. The number of carbonyl (C=O) groups is 1. The van der Waals surface area contributed by atoms with Crippen LogP contribution >= 0.6 is 0 Å². The Morgan fingerprint density at radius 3 is 2.42 bits per heavy atom. The Morgan fingerprint density at radius 2 is 1.63 bits per heavy atom. The fourth-order valence-corrected chi connectivity index (χ4v) is 2.45. The van der Waals surface area contributed by atoms with Crippen LogP contribution in [0, 0.1) is 0 Å². The van der Waals surface area contributed by atoms with Crippen molar-refractivity contribution in [2.75, 3.05) is 0 Å². The highest BCUT2D eigenvalue weighted by molar-refractivity contribution is 5.82. The van der Waals surface area contributed by atoms with Crippen LogP contribution in [-0.2, 0) is 11.2 Å². The van der Waals surface area contributed by atoms with Crippen molar-refractivity contribution in [2.24, 2.45) is 0 Å². The molecule has 0 unspecified atom stereocenters. The van der Waals surface area contributed by atoms with Gasteiger partial charge in [-0.3, -0.25) is 0 Å². The maximum Gasteiger partial charge on any atom is 0.129 e. The molecule has 0 aliphatic heterocycles. The van der Waals surface area contributed by atoms with E-state index in [1.54, 1.807) is 6.92 Å². The third-order valence-electron chi connectivity index (χ3n) is 3.56. The smallest absolute Gasteiger partial charge is 0.129 e. The lowest BCUT2D eigenvalue weighted by Crippen LogP contribution is -1.90. The van der Waals surface area contributed by atoms with Crippen molar-refractivity contribution >= 4 is 16.6 Å². The summed E-state index contributed by atoms with van der Waals surface area (Å²) >= 11 is 0. The van der Waals surface area contributed by atoms with Crippen molar-refractivity contribution in [3.05, 3.63) is 48.0 Å². The molecule has 100 valence electrons. The summed E-state index contributed by atoms with van der Waals surface area (Å²) in [6, 6.07) is 15.2. The lowest BCUT2D eigenvalue weighted by molar-refractivity contribution is -0.117. The molecular weight excluding hydrogens is 232 g/mol. The second-order valence-corrected chi connectivity index (χ2v) is 5.30. The van der Waals surface area contributed by atoms with Crippen LogP contribution in [0.25, 0.3) is 10.8 Å². The Balaban J connectivity index is 1.77. The van der Waals surface area contributed by atoms with Gasteiger partial charge in [-0.15, -0.1) is 0 Å². The molecule has 0 fully saturated rings. The van der Waals surface area contributed by atoms with Gasteiger partial charge in [-0.2, -0.15) is 0 Å². The lowest BCUT2D eigenvalue weighted by atomic mass is 10.0. The van der Waals surface area contributed by atoms with Gasteiger partial charge in [0, 0.05) is 6.42 Å². The minimum atomic E-state index is 0.314. The van der Waals surface area contributed by atoms with Crippen LogP contribution in [0.5, 0.6) is 0 Å². The summed E-state index contributed by atoms with van der Waals surface area (Å²) in [7, 11) is 0. The highest BCUT2D eigenvalue weighted by Gasteiger charge is 1.98. The predicted molar refractivity (Wildman–Crippen MR) is 81.4 cm³/mol. The summed E-state index contributed by atoms with van der Waals surface area (Å²) in [6.45, 7) is 1.68. The summed E-state index contributed by atoms with van der Waals surface area (Å²) < 4.78 is 0. The Labute approximate surface area is 115 Å². The molecule has 0 saturated heterocycles. The SMILES string of the molecule is CC(=O)CCCCCCc1ccc2ccccc2c1. The first-order valence-electron chi connectivity index (χ1n) is 7.23. The molecule has 0 N–H and O–H groups in total. The van der Waals surface area contributed by atoms with E-state index in [9.17, 15) is 4.79 Å². The van der Waals surface area contributed by atoms with Gasteiger partial charge in [-0.1, -0.05) is 55.3 Å². The zero-order chi connectivity index (χ0) is 13.5. The minimum Gasteiger partial charge on any atom is -0.300 e. The number of aryl methyl sites for hydroxylation is 1. The second kappa shape index (κ2) is 7.08. The van der Waals surface area contributed by atoms with E-state index in [0.29, 0.717) is 5.78 Å². The first-order chi connectivity index (χ1) is 9.25. The van der Waals surface area contributed by atoms with Crippen LogP contribution in [0.4, 0.5) is 0 Å². The summed E-state index contributed by atoms with van der Waals surface area (Å²) in [5, 5.41) is 2.64. The average Bonchev–Trinajstić information content (AvgIpc) is 2.42. The topological polar surface area (TPSA) is 17.1 Å². The van der Waals surface area contributed by atoms with Crippen LogP contribution < -0.4 is 0 Å². The Kier molecular flexibility index (Phi) is 5.14. The van der Waals surface area contributed by atoms with E-state index in [2.05, 4.69) is 42.5 Å². The third kappa shape index (κ3) is 4.51. The van der Waals surface area contributed by atoms with E-state index in [-0.39, 0.29) is 0 Å². The van der Waals surface area contributed by atoms with Gasteiger partial charge >= 0.3 is 0 Å². The maximum atomic E-state index is 10.8. The molecule has 1 heteroatoms. The van der Waals surface area contributed by atoms with Gasteiger partial charge in [0.05, 0.1) is 0 Å². The fraction of sp³-hybridized carbons (Fsp3) is 0.389. The number of Topliss-reactive ketones (excluding diaryl/α,β-unsaturated/α-hetero) is 1. The summed E-state index contributed by atoms with van der Waals surface area (Å²) in [5.41, 5.74) is 1.42. The molecule has 2 aromatic carbocycles. The molecule has 0 amide bonds. The number of hydrogen-bond acceptors (Lipinski definition) is 1. The number of ketones is 1. The minimum absolute atomic E-state index is 0.314. The van der Waals surface area contributed by atoms with Gasteiger partial charge in [0.2, 0.25) is 0 Å². The average molecular weight is 254 g/mol. The number of carbonyl (C=O) groups excluding carboxylic acids is 1. The molecule has 0 saturated carbocycles. The van der Waals surface area contributed by atoms with Crippen molar-refractivity contribution in [2.45, 2.75) is 45.4 Å². The van der Waals surface area contributed by atoms with Crippen molar-refractivity contribution in [3.63, 3.8) is 0 Å². The van der Waals surface area contributed by atoms with Crippen molar-refractivity contribution < 1.29 is 4.79 Å². The summed E-state index contributed by atoms with van der Waals surface area (Å²) in [6.07, 6.45) is 6.55. The number of fused-ring (bicyclic) bond motifs is 1. The molecule has 0 aliphatic carbocycles. The molecule has 1 nitrogen and oxygen atoms in total. The highest BCUT2D eigenvalue weighted by Crippen LogP contribution is 2.17. The molecule has 0 aliphatic rings. The van der Waals surface area contributed by atoms with Gasteiger partial charge in [0.1, 0.15) is 5.78 Å². The predicted octanol–water partition coefficient (Wildman–Crippen LogP) is 4.92. The standard InChI is InChI=1S/C18H22O/c1-15(19)8-4-2-3-5-9-16-12-13-17-10-6-7-11-18(17)14-16/h6-7,10-14H,2-5,8-9H2,1H3. The van der Waals surface area contributed by atoms with E-state index in [1.807, 2.05) is 0 Å². The molecule has 2 rings (SSSR count). The first kappa shape index (κ1) is 13.8. The zero-order valence-electron chi connectivity index (χ0n) is 11.7. The molecular formula is C18H22O. The second-order valence-electron chi connectivity index (χ2n) is 5.30. The van der Waals surface area contributed by atoms with Crippen molar-refractivity contribution in [1.82, 2.24) is 0 Å². The molecule has 0 heterocycles. The number of unbranched alkanes of at least 4 members (excludes halogenated alkanes) is 3. The Morgan fingerprint density at radius 1 is 0.895 bits per heavy atom. The number of hydrogen-bond donors (Lipinski definition) is 0. The van der Waals surface area contributed by atoms with E-state index in [0.717, 1.165) is 19.3 Å². The summed E-state index contributed by atoms with van der Waals surface area (Å²) in [5.74, 6) is 0.314. The van der Waals surface area contributed by atoms with E-state index in [1.165, 1.54) is 35.6 Å². The largest absolute Gasteiger partial charge is 0.300 e. The lowest BCUT2D eigenvalue weighted by Gasteiger charge is -2.04. The molecule has 19 heavy (non-hydrogen) atoms. The van der Waals surface area contributed by atoms with Crippen LogP contribution in [-0.4, -0.2) is 5.78 Å². The molecule has 0 atom stereocenters. The fourth-order valence-electron chi connectivity index (χ4n) is 2.45. The quantitative estimate of drug-likeness (QED) is 0.641. The van der Waals surface area contributed by atoms with Gasteiger partial charge in [0.25, 0.3) is 0 Å². The van der Waals surface area contributed by atoms with Crippen LogP contribution in [0.15, 0.2) is 42.5 Å².